The summed E-state index contributed by atoms with van der Waals surface area (Å²) in [7, 11) is 0. The molecule has 2 fully saturated rings. The van der Waals surface area contributed by atoms with Crippen molar-refractivity contribution in [1.29, 1.82) is 0 Å². The molecule has 6 heteroatoms. The van der Waals surface area contributed by atoms with Crippen LogP contribution in [0.3, 0.4) is 0 Å². The van der Waals surface area contributed by atoms with Gasteiger partial charge < -0.3 is 14.9 Å². The van der Waals surface area contributed by atoms with E-state index in [1.807, 2.05) is 13.8 Å². The molecule has 2 aliphatic rings. The fourth-order valence-corrected chi connectivity index (χ4v) is 4.33. The first-order valence-electron chi connectivity index (χ1n) is 10.4. The molecule has 160 valence electrons. The number of carbonyl (C=O) groups is 1. The summed E-state index contributed by atoms with van der Waals surface area (Å²) >= 11 is 0. The van der Waals surface area contributed by atoms with Gasteiger partial charge in [0.25, 0.3) is 0 Å². The summed E-state index contributed by atoms with van der Waals surface area (Å²) in [4.78, 5) is 10.6. The second-order valence-corrected chi connectivity index (χ2v) is 8.53. The number of rotatable bonds is 10. The molecule has 2 unspecified atom stereocenters. The van der Waals surface area contributed by atoms with E-state index in [-0.39, 0.29) is 30.3 Å². The Morgan fingerprint density at radius 1 is 1.43 bits per heavy atom. The van der Waals surface area contributed by atoms with Crippen molar-refractivity contribution in [2.75, 3.05) is 0 Å². The van der Waals surface area contributed by atoms with Crippen molar-refractivity contribution in [3.8, 4) is 0 Å². The van der Waals surface area contributed by atoms with Gasteiger partial charge in [0.1, 0.15) is 23.6 Å². The Hall–Kier alpha value is -1.43. The number of hydrogen-bond donors (Lipinski definition) is 2. The fourth-order valence-electron chi connectivity index (χ4n) is 4.33. The Morgan fingerprint density at radius 3 is 2.79 bits per heavy atom. The molecule has 2 N–H and O–H groups in total. The minimum absolute atomic E-state index is 0.0495. The van der Waals surface area contributed by atoms with E-state index in [0.717, 1.165) is 6.42 Å². The Kier molecular flexibility index (Phi) is 8.05. The van der Waals surface area contributed by atoms with Crippen LogP contribution in [0.4, 0.5) is 8.78 Å². The maximum Gasteiger partial charge on any atom is 0.303 e. The topological polar surface area (TPSA) is 66.8 Å². The summed E-state index contributed by atoms with van der Waals surface area (Å²) in [6.45, 7) is 5.41. The van der Waals surface area contributed by atoms with Gasteiger partial charge in [-0.15, -0.1) is 0 Å². The van der Waals surface area contributed by atoms with E-state index in [9.17, 15) is 18.7 Å². The molecule has 0 aromatic carbocycles. The normalized spacial score (nSPS) is 34.4. The molecule has 1 aliphatic carbocycles. The standard InChI is InChI=1S/C22H34F2O4/c1-4-5-12-22(3,24)18(25)11-10-15-14(2)13-17-20(15)21(23)16(28-17)8-6-7-9-19(26)27/h8,10-11,14-15,17-18,20-21,25H,4-7,9,12-13H2,1-3H3,(H,26,27)/b11-10+,16-8-/t14-,15+,17-,18-,20-,21?,22?/m1/s1. The van der Waals surface area contributed by atoms with Crippen molar-refractivity contribution in [2.45, 2.75) is 89.8 Å². The molecular formula is C22H34F2O4. The van der Waals surface area contributed by atoms with Gasteiger partial charge in [-0.25, -0.2) is 8.78 Å². The minimum atomic E-state index is -1.69. The average molecular weight is 401 g/mol. The minimum Gasteiger partial charge on any atom is -0.492 e. The lowest BCUT2D eigenvalue weighted by Gasteiger charge is -2.25. The zero-order valence-electron chi connectivity index (χ0n) is 17.1. The second kappa shape index (κ2) is 9.86. The molecule has 28 heavy (non-hydrogen) atoms. The molecule has 1 heterocycles. The van der Waals surface area contributed by atoms with Gasteiger partial charge in [-0.3, -0.25) is 4.79 Å². The molecule has 0 aromatic heterocycles. The quantitative estimate of drug-likeness (QED) is 0.401. The predicted molar refractivity (Wildman–Crippen MR) is 104 cm³/mol. The number of aliphatic carboxylic acids is 1. The Balaban J connectivity index is 2.00. The lowest BCUT2D eigenvalue weighted by Crippen LogP contribution is -2.33. The van der Waals surface area contributed by atoms with Crippen molar-refractivity contribution in [1.82, 2.24) is 0 Å². The lowest BCUT2D eigenvalue weighted by atomic mass is 9.85. The number of hydrogen-bond acceptors (Lipinski definition) is 3. The van der Waals surface area contributed by atoms with Crippen molar-refractivity contribution >= 4 is 5.97 Å². The summed E-state index contributed by atoms with van der Waals surface area (Å²) in [5.41, 5.74) is -1.69. The number of ether oxygens (including phenoxy) is 1. The maximum atomic E-state index is 15.0. The highest BCUT2D eigenvalue weighted by Crippen LogP contribution is 2.49. The Labute approximate surface area is 166 Å². The number of fused-ring (bicyclic) bond motifs is 1. The van der Waals surface area contributed by atoms with Crippen LogP contribution in [-0.2, 0) is 9.53 Å². The molecule has 0 spiro atoms. The van der Waals surface area contributed by atoms with Gasteiger partial charge >= 0.3 is 5.97 Å². The van der Waals surface area contributed by atoms with Gasteiger partial charge in [-0.1, -0.05) is 38.8 Å². The molecule has 1 saturated heterocycles. The number of carboxylic acids is 1. The molecule has 2 rings (SSSR count). The van der Waals surface area contributed by atoms with Gasteiger partial charge in [0.05, 0.1) is 0 Å². The van der Waals surface area contributed by atoms with Crippen LogP contribution < -0.4 is 0 Å². The van der Waals surface area contributed by atoms with Gasteiger partial charge in [0.15, 0.2) is 6.17 Å². The van der Waals surface area contributed by atoms with E-state index in [2.05, 4.69) is 0 Å². The number of allylic oxidation sites excluding steroid dienone is 3. The zero-order valence-corrected chi connectivity index (χ0v) is 17.1. The van der Waals surface area contributed by atoms with E-state index < -0.39 is 23.9 Å². The molecule has 1 aliphatic heterocycles. The average Bonchev–Trinajstić information content (AvgIpc) is 3.09. The third-order valence-corrected chi connectivity index (χ3v) is 6.12. The molecular weight excluding hydrogens is 366 g/mol. The van der Waals surface area contributed by atoms with Gasteiger partial charge in [0, 0.05) is 12.3 Å². The summed E-state index contributed by atoms with van der Waals surface area (Å²) in [6, 6.07) is 0. The van der Waals surface area contributed by atoms with Crippen LogP contribution in [0.5, 0.6) is 0 Å². The molecule has 1 saturated carbocycles. The highest BCUT2D eigenvalue weighted by molar-refractivity contribution is 5.66. The number of unbranched alkanes of at least 4 members (excludes halogenated alkanes) is 2. The van der Waals surface area contributed by atoms with E-state index >= 15 is 0 Å². The number of alkyl halides is 2. The predicted octanol–water partition coefficient (Wildman–Crippen LogP) is 4.97. The van der Waals surface area contributed by atoms with Crippen LogP contribution in [0.2, 0.25) is 0 Å². The van der Waals surface area contributed by atoms with Gasteiger partial charge in [-0.05, 0) is 50.5 Å². The van der Waals surface area contributed by atoms with Crippen molar-refractivity contribution < 1.29 is 28.5 Å². The number of aliphatic hydroxyl groups is 1. The monoisotopic (exact) mass is 400 g/mol. The number of halogens is 2. The molecule has 0 bridgehead atoms. The molecule has 7 atom stereocenters. The first-order valence-corrected chi connectivity index (χ1v) is 10.4. The van der Waals surface area contributed by atoms with Crippen molar-refractivity contribution in [3.63, 3.8) is 0 Å². The Bertz CT molecular complexity index is 587. The maximum absolute atomic E-state index is 15.0. The van der Waals surface area contributed by atoms with E-state index in [0.29, 0.717) is 37.9 Å². The van der Waals surface area contributed by atoms with E-state index in [1.165, 1.54) is 13.0 Å². The number of aliphatic hydroxyl groups excluding tert-OH is 1. The van der Waals surface area contributed by atoms with Crippen LogP contribution in [0.15, 0.2) is 24.0 Å². The first-order chi connectivity index (χ1) is 13.2. The van der Waals surface area contributed by atoms with Crippen LogP contribution in [0, 0.1) is 17.8 Å². The number of carboxylic acid groups (broad SMARTS) is 1. The highest BCUT2D eigenvalue weighted by atomic mass is 19.1. The van der Waals surface area contributed by atoms with Crippen molar-refractivity contribution in [3.05, 3.63) is 24.0 Å². The van der Waals surface area contributed by atoms with Crippen molar-refractivity contribution in [2.24, 2.45) is 17.8 Å². The lowest BCUT2D eigenvalue weighted by molar-refractivity contribution is -0.137. The summed E-state index contributed by atoms with van der Waals surface area (Å²) in [5.74, 6) is -0.848. The zero-order chi connectivity index (χ0) is 20.9. The van der Waals surface area contributed by atoms with Crippen LogP contribution in [0.1, 0.15) is 65.7 Å². The summed E-state index contributed by atoms with van der Waals surface area (Å²) in [6.07, 6.45) is 5.78. The smallest absolute Gasteiger partial charge is 0.303 e. The molecule has 4 nitrogen and oxygen atoms in total. The first kappa shape index (κ1) is 22.9. The summed E-state index contributed by atoms with van der Waals surface area (Å²) < 4.78 is 35.4. The fraction of sp³-hybridized carbons (Fsp3) is 0.773. The second-order valence-electron chi connectivity index (χ2n) is 8.53. The third-order valence-electron chi connectivity index (χ3n) is 6.12. The van der Waals surface area contributed by atoms with E-state index in [4.69, 9.17) is 9.84 Å². The van der Waals surface area contributed by atoms with E-state index in [1.54, 1.807) is 12.2 Å². The highest BCUT2D eigenvalue weighted by Gasteiger charge is 2.52. The third kappa shape index (κ3) is 5.56. The van der Waals surface area contributed by atoms with Crippen LogP contribution in [0.25, 0.3) is 0 Å². The SMILES string of the molecule is CCCCC(C)(F)[C@H](O)/C=C/[C@@H]1[C@H]2C(F)/C(=C/CCCC(=O)O)O[C@@H]2C[C@H]1C. The van der Waals surface area contributed by atoms with Gasteiger partial charge in [-0.2, -0.15) is 0 Å². The van der Waals surface area contributed by atoms with Gasteiger partial charge in [0.2, 0.25) is 0 Å². The molecule has 0 aromatic rings. The molecule has 0 amide bonds. The summed E-state index contributed by atoms with van der Waals surface area (Å²) in [5, 5.41) is 18.9. The Morgan fingerprint density at radius 2 is 2.14 bits per heavy atom. The van der Waals surface area contributed by atoms with Crippen LogP contribution >= 0.6 is 0 Å². The molecule has 0 radical (unpaired) electrons. The van der Waals surface area contributed by atoms with Crippen LogP contribution in [-0.4, -0.2) is 40.2 Å². The largest absolute Gasteiger partial charge is 0.492 e.